The van der Waals surface area contributed by atoms with E-state index >= 15 is 0 Å². The molecule has 0 spiro atoms. The Bertz CT molecular complexity index is 521. The van der Waals surface area contributed by atoms with Gasteiger partial charge in [-0.15, -0.1) is 11.3 Å². The Morgan fingerprint density at radius 2 is 1.88 bits per heavy atom. The Balaban J connectivity index is 2.66. The van der Waals surface area contributed by atoms with Crippen LogP contribution in [0, 0.1) is 0 Å². The summed E-state index contributed by atoms with van der Waals surface area (Å²) in [5.74, 6) is 0. The van der Waals surface area contributed by atoms with Crippen molar-refractivity contribution < 1.29 is 23.2 Å². The highest BCUT2D eigenvalue weighted by molar-refractivity contribution is 7.19. The molecule has 0 unspecified atom stereocenters. The van der Waals surface area contributed by atoms with Crippen LogP contribution in [0.15, 0.2) is 24.3 Å². The number of benzene rings is 1. The van der Waals surface area contributed by atoms with Gasteiger partial charge >= 0.3 is 13.3 Å². The van der Waals surface area contributed by atoms with E-state index in [0.717, 1.165) is 6.07 Å². The zero-order chi connectivity index (χ0) is 11.9. The lowest BCUT2D eigenvalue weighted by molar-refractivity contribution is -0.134. The van der Waals surface area contributed by atoms with Gasteiger partial charge in [-0.05, 0) is 23.0 Å². The van der Waals surface area contributed by atoms with Gasteiger partial charge in [-0.25, -0.2) is 0 Å². The normalized spacial score (nSPS) is 12.1. The zero-order valence-corrected chi connectivity index (χ0v) is 8.64. The van der Waals surface area contributed by atoms with Crippen molar-refractivity contribution in [2.75, 3.05) is 0 Å². The molecule has 0 saturated heterocycles. The van der Waals surface area contributed by atoms with E-state index in [4.69, 9.17) is 10.0 Å². The summed E-state index contributed by atoms with van der Waals surface area (Å²) in [6.45, 7) is 0. The maximum atomic E-state index is 12.4. The van der Waals surface area contributed by atoms with Gasteiger partial charge in [0.25, 0.3) is 0 Å². The topological polar surface area (TPSA) is 40.5 Å². The third-order valence-electron chi connectivity index (χ3n) is 2.15. The summed E-state index contributed by atoms with van der Waals surface area (Å²) >= 11 is 0.589. The molecule has 0 aliphatic heterocycles. The average molecular weight is 246 g/mol. The third-order valence-corrected chi connectivity index (χ3v) is 3.30. The minimum atomic E-state index is -4.40. The first-order valence-corrected chi connectivity index (χ1v) is 5.17. The van der Waals surface area contributed by atoms with Crippen LogP contribution in [-0.2, 0) is 6.18 Å². The van der Waals surface area contributed by atoms with Crippen LogP contribution in [0.4, 0.5) is 13.2 Å². The van der Waals surface area contributed by atoms with Crippen LogP contribution in [0.3, 0.4) is 0 Å². The van der Waals surface area contributed by atoms with E-state index in [0.29, 0.717) is 16.0 Å². The van der Waals surface area contributed by atoms with E-state index in [1.54, 1.807) is 0 Å². The molecule has 0 aliphatic carbocycles. The van der Waals surface area contributed by atoms with Crippen molar-refractivity contribution >= 4 is 34.0 Å². The summed E-state index contributed by atoms with van der Waals surface area (Å²) in [6.07, 6.45) is -4.40. The Hall–Kier alpha value is -1.05. The molecule has 1 heterocycles. The summed E-state index contributed by atoms with van der Waals surface area (Å²) in [5.41, 5.74) is 0.0873. The van der Waals surface area contributed by atoms with Crippen molar-refractivity contribution in [1.82, 2.24) is 0 Å². The predicted octanol–water partition coefficient (Wildman–Crippen LogP) is 1.60. The van der Waals surface area contributed by atoms with Gasteiger partial charge < -0.3 is 10.0 Å². The van der Waals surface area contributed by atoms with Gasteiger partial charge in [-0.3, -0.25) is 0 Å². The molecule has 0 atom stereocenters. The van der Waals surface area contributed by atoms with Crippen LogP contribution in [0.1, 0.15) is 4.88 Å². The van der Waals surface area contributed by atoms with Gasteiger partial charge in [0.05, 0.1) is 0 Å². The lowest BCUT2D eigenvalue weighted by atomic mass is 9.78. The summed E-state index contributed by atoms with van der Waals surface area (Å²) in [5, 5.41) is 18.3. The molecule has 0 amide bonds. The van der Waals surface area contributed by atoms with E-state index in [9.17, 15) is 13.2 Å². The van der Waals surface area contributed by atoms with Gasteiger partial charge in [0.2, 0.25) is 0 Å². The molecular formula is C9H6BF3O2S. The molecule has 7 heteroatoms. The van der Waals surface area contributed by atoms with Crippen LogP contribution >= 0.6 is 11.3 Å². The van der Waals surface area contributed by atoms with E-state index < -0.39 is 18.2 Å². The second-order valence-electron chi connectivity index (χ2n) is 3.24. The average Bonchev–Trinajstić information content (AvgIpc) is 2.59. The fourth-order valence-electron chi connectivity index (χ4n) is 1.45. The summed E-state index contributed by atoms with van der Waals surface area (Å²) in [7, 11) is -1.76. The van der Waals surface area contributed by atoms with Gasteiger partial charge in [0.1, 0.15) is 4.88 Å². The fraction of sp³-hybridized carbons (Fsp3) is 0.111. The number of fused-ring (bicyclic) bond motifs is 1. The zero-order valence-electron chi connectivity index (χ0n) is 7.82. The second-order valence-corrected chi connectivity index (χ2v) is 4.32. The second kappa shape index (κ2) is 3.76. The number of alkyl halides is 3. The quantitative estimate of drug-likeness (QED) is 0.750. The van der Waals surface area contributed by atoms with Crippen molar-refractivity contribution in [3.8, 4) is 0 Å². The highest BCUT2D eigenvalue weighted by Gasteiger charge is 2.33. The molecule has 2 N–H and O–H groups in total. The number of hydrogen-bond donors (Lipinski definition) is 2. The first-order chi connectivity index (χ1) is 7.39. The molecule has 0 fully saturated rings. The maximum Gasteiger partial charge on any atom is 0.489 e. The van der Waals surface area contributed by atoms with Gasteiger partial charge in [0, 0.05) is 4.70 Å². The lowest BCUT2D eigenvalue weighted by Gasteiger charge is -2.00. The van der Waals surface area contributed by atoms with Crippen molar-refractivity contribution in [1.29, 1.82) is 0 Å². The number of thiophene rings is 1. The molecule has 0 bridgehead atoms. The molecule has 1 aromatic heterocycles. The SMILES string of the molecule is OB(O)c1cccc2sc(C(F)(F)F)cc12. The number of rotatable bonds is 1. The van der Waals surface area contributed by atoms with Gasteiger partial charge in [-0.1, -0.05) is 12.1 Å². The minimum absolute atomic E-state index is 0.0873. The number of hydrogen-bond acceptors (Lipinski definition) is 3. The van der Waals surface area contributed by atoms with Crippen LogP contribution < -0.4 is 5.46 Å². The summed E-state index contributed by atoms with van der Waals surface area (Å²) in [4.78, 5) is -0.740. The molecule has 2 nitrogen and oxygen atoms in total. The molecular weight excluding hydrogens is 240 g/mol. The van der Waals surface area contributed by atoms with Crippen molar-refractivity contribution in [3.05, 3.63) is 29.1 Å². The Kier molecular flexibility index (Phi) is 2.69. The Morgan fingerprint density at radius 3 is 2.44 bits per heavy atom. The van der Waals surface area contributed by atoms with Crippen LogP contribution in [-0.4, -0.2) is 17.2 Å². The minimum Gasteiger partial charge on any atom is -0.423 e. The lowest BCUT2D eigenvalue weighted by Crippen LogP contribution is -2.29. The fourth-order valence-corrected chi connectivity index (χ4v) is 2.41. The van der Waals surface area contributed by atoms with E-state index in [-0.39, 0.29) is 10.8 Å². The molecule has 0 saturated carbocycles. The van der Waals surface area contributed by atoms with E-state index in [1.807, 2.05) is 0 Å². The molecule has 1 aromatic carbocycles. The Labute approximate surface area is 93.1 Å². The van der Waals surface area contributed by atoms with Crippen LogP contribution in [0.5, 0.6) is 0 Å². The monoisotopic (exact) mass is 246 g/mol. The van der Waals surface area contributed by atoms with Gasteiger partial charge in [-0.2, -0.15) is 13.2 Å². The molecule has 84 valence electrons. The highest BCUT2D eigenvalue weighted by atomic mass is 32.1. The first-order valence-electron chi connectivity index (χ1n) is 4.35. The third kappa shape index (κ3) is 1.93. The maximum absolute atomic E-state index is 12.4. The first kappa shape index (κ1) is 11.4. The predicted molar refractivity (Wildman–Crippen MR) is 56.7 cm³/mol. The number of halogens is 3. The molecule has 0 radical (unpaired) electrons. The van der Waals surface area contributed by atoms with Gasteiger partial charge in [0.15, 0.2) is 0 Å². The van der Waals surface area contributed by atoms with E-state index in [2.05, 4.69) is 0 Å². The molecule has 2 aromatic rings. The van der Waals surface area contributed by atoms with E-state index in [1.165, 1.54) is 18.2 Å². The van der Waals surface area contributed by atoms with Crippen molar-refractivity contribution in [3.63, 3.8) is 0 Å². The Morgan fingerprint density at radius 1 is 1.19 bits per heavy atom. The standard InChI is InChI=1S/C9H6BF3O2S/c11-9(12,13)8-4-5-6(10(14)15)2-1-3-7(5)16-8/h1-4,14-15H. The highest BCUT2D eigenvalue weighted by Crippen LogP contribution is 2.37. The largest absolute Gasteiger partial charge is 0.489 e. The smallest absolute Gasteiger partial charge is 0.423 e. The molecule has 2 rings (SSSR count). The van der Waals surface area contributed by atoms with Crippen molar-refractivity contribution in [2.24, 2.45) is 0 Å². The van der Waals surface area contributed by atoms with Crippen molar-refractivity contribution in [2.45, 2.75) is 6.18 Å². The summed E-state index contributed by atoms with van der Waals surface area (Å²) < 4.78 is 37.7. The van der Waals surface area contributed by atoms with Crippen LogP contribution in [0.2, 0.25) is 0 Å². The van der Waals surface area contributed by atoms with Crippen LogP contribution in [0.25, 0.3) is 10.1 Å². The summed E-state index contributed by atoms with van der Waals surface area (Å²) in [6, 6.07) is 5.34. The molecule has 16 heavy (non-hydrogen) atoms. The molecule has 0 aliphatic rings.